The van der Waals surface area contributed by atoms with Gasteiger partial charge in [-0.05, 0) is 12.1 Å². The largest absolute Gasteiger partial charge is 0.269 e. The topological polar surface area (TPSA) is 50.3 Å². The van der Waals surface area contributed by atoms with E-state index in [1.165, 1.54) is 16.2 Å². The van der Waals surface area contributed by atoms with Crippen LogP contribution in [0, 0.1) is 0 Å². The Bertz CT molecular complexity index is 867. The molecular weight excluding hydrogens is 308 g/mol. The molecule has 1 aliphatic rings. The lowest BCUT2D eigenvalue weighted by Gasteiger charge is -2.11. The van der Waals surface area contributed by atoms with E-state index in [9.17, 15) is 9.59 Å². The van der Waals surface area contributed by atoms with E-state index in [1.54, 1.807) is 30.5 Å². The van der Waals surface area contributed by atoms with Gasteiger partial charge in [-0.15, -0.1) is 11.3 Å². The molecule has 0 N–H and O–H groups in total. The summed E-state index contributed by atoms with van der Waals surface area (Å²) in [6.07, 6.45) is 1.73. The van der Waals surface area contributed by atoms with Crippen LogP contribution in [0.2, 0.25) is 0 Å². The number of aromatic nitrogens is 1. The Kier molecular flexibility index (Phi) is 3.28. The van der Waals surface area contributed by atoms with Gasteiger partial charge in [0, 0.05) is 16.6 Å². The van der Waals surface area contributed by atoms with Gasteiger partial charge in [-0.2, -0.15) is 0 Å². The average molecular weight is 320 g/mol. The summed E-state index contributed by atoms with van der Waals surface area (Å²) in [7, 11) is 0. The standard InChI is InChI=1S/C18H12N2O2S/c21-17-14-8-4-5-9-15(14)18(22)20(17)11-13-10-19-16(23-13)12-6-2-1-3-7-12/h1-10H,11H2. The van der Waals surface area contributed by atoms with Gasteiger partial charge in [0.15, 0.2) is 0 Å². The first-order valence-corrected chi connectivity index (χ1v) is 8.01. The highest BCUT2D eigenvalue weighted by molar-refractivity contribution is 7.15. The molecule has 0 fully saturated rings. The summed E-state index contributed by atoms with van der Waals surface area (Å²) in [6.45, 7) is 0.261. The predicted octanol–water partition coefficient (Wildman–Crippen LogP) is 3.61. The van der Waals surface area contributed by atoms with Crippen molar-refractivity contribution in [2.24, 2.45) is 0 Å². The van der Waals surface area contributed by atoms with Crippen molar-refractivity contribution in [1.29, 1.82) is 0 Å². The van der Waals surface area contributed by atoms with E-state index in [1.807, 2.05) is 30.3 Å². The van der Waals surface area contributed by atoms with E-state index in [-0.39, 0.29) is 18.4 Å². The quantitative estimate of drug-likeness (QED) is 0.693. The van der Waals surface area contributed by atoms with Gasteiger partial charge < -0.3 is 0 Å². The molecule has 0 bridgehead atoms. The van der Waals surface area contributed by atoms with Gasteiger partial charge in [-0.25, -0.2) is 4.98 Å². The molecule has 0 saturated heterocycles. The van der Waals surface area contributed by atoms with E-state index < -0.39 is 0 Å². The zero-order valence-electron chi connectivity index (χ0n) is 12.1. The zero-order valence-corrected chi connectivity index (χ0v) is 12.9. The van der Waals surface area contributed by atoms with Crippen LogP contribution in [0.1, 0.15) is 25.6 Å². The minimum absolute atomic E-state index is 0.236. The van der Waals surface area contributed by atoms with Crippen molar-refractivity contribution in [2.75, 3.05) is 0 Å². The molecule has 0 atom stereocenters. The van der Waals surface area contributed by atoms with Crippen LogP contribution >= 0.6 is 11.3 Å². The molecule has 4 nitrogen and oxygen atoms in total. The van der Waals surface area contributed by atoms with E-state index in [0.29, 0.717) is 11.1 Å². The Balaban J connectivity index is 1.60. The SMILES string of the molecule is O=C1c2ccccc2C(=O)N1Cc1cnc(-c2ccccc2)s1. The number of amides is 2. The summed E-state index contributed by atoms with van der Waals surface area (Å²) in [6, 6.07) is 16.8. The Labute approximate surface area is 137 Å². The molecule has 2 heterocycles. The maximum absolute atomic E-state index is 12.4. The third kappa shape index (κ3) is 2.35. The second-order valence-corrected chi connectivity index (χ2v) is 6.35. The lowest BCUT2D eigenvalue weighted by Crippen LogP contribution is -2.28. The summed E-state index contributed by atoms with van der Waals surface area (Å²) in [5.74, 6) is -0.472. The van der Waals surface area contributed by atoms with Gasteiger partial charge in [0.1, 0.15) is 5.01 Å². The van der Waals surface area contributed by atoms with Crippen LogP contribution < -0.4 is 0 Å². The Morgan fingerprint density at radius 1 is 0.870 bits per heavy atom. The van der Waals surface area contributed by atoms with Crippen molar-refractivity contribution in [1.82, 2.24) is 9.88 Å². The van der Waals surface area contributed by atoms with Crippen LogP contribution in [-0.2, 0) is 6.54 Å². The highest BCUT2D eigenvalue weighted by Gasteiger charge is 2.35. The molecule has 3 aromatic rings. The summed E-state index contributed by atoms with van der Waals surface area (Å²) in [5, 5.41) is 0.886. The van der Waals surface area contributed by atoms with Gasteiger partial charge >= 0.3 is 0 Å². The van der Waals surface area contributed by atoms with Crippen molar-refractivity contribution in [2.45, 2.75) is 6.54 Å². The Hall–Kier alpha value is -2.79. The fourth-order valence-corrected chi connectivity index (χ4v) is 3.54. The number of benzene rings is 2. The van der Waals surface area contributed by atoms with Crippen molar-refractivity contribution in [3.8, 4) is 10.6 Å². The molecule has 0 aliphatic carbocycles. The molecule has 0 radical (unpaired) electrons. The number of hydrogen-bond acceptors (Lipinski definition) is 4. The van der Waals surface area contributed by atoms with Crippen LogP contribution in [0.3, 0.4) is 0 Å². The molecule has 0 saturated carbocycles. The van der Waals surface area contributed by atoms with Crippen molar-refractivity contribution in [3.63, 3.8) is 0 Å². The van der Waals surface area contributed by atoms with Gasteiger partial charge in [-0.1, -0.05) is 42.5 Å². The van der Waals surface area contributed by atoms with Crippen molar-refractivity contribution >= 4 is 23.2 Å². The molecule has 2 amide bonds. The van der Waals surface area contributed by atoms with Crippen LogP contribution in [0.25, 0.3) is 10.6 Å². The van der Waals surface area contributed by atoms with Crippen LogP contribution in [0.15, 0.2) is 60.8 Å². The summed E-state index contributed by atoms with van der Waals surface area (Å²) in [5.41, 5.74) is 1.99. The van der Waals surface area contributed by atoms with E-state index in [0.717, 1.165) is 15.4 Å². The number of carbonyl (C=O) groups excluding carboxylic acids is 2. The molecule has 0 spiro atoms. The molecule has 1 aromatic heterocycles. The fraction of sp³-hybridized carbons (Fsp3) is 0.0556. The maximum Gasteiger partial charge on any atom is 0.261 e. The first-order chi connectivity index (χ1) is 11.2. The molecule has 1 aliphatic heterocycles. The number of thiazole rings is 1. The third-order valence-electron chi connectivity index (χ3n) is 3.77. The molecule has 23 heavy (non-hydrogen) atoms. The van der Waals surface area contributed by atoms with Crippen molar-refractivity contribution < 1.29 is 9.59 Å². The van der Waals surface area contributed by atoms with E-state index >= 15 is 0 Å². The molecule has 0 unspecified atom stereocenters. The summed E-state index contributed by atoms with van der Waals surface area (Å²) in [4.78, 5) is 31.3. The molecular formula is C18H12N2O2S. The van der Waals surface area contributed by atoms with Gasteiger partial charge in [0.25, 0.3) is 11.8 Å². The van der Waals surface area contributed by atoms with E-state index in [2.05, 4.69) is 4.98 Å². The monoisotopic (exact) mass is 320 g/mol. The van der Waals surface area contributed by atoms with Gasteiger partial charge in [0.05, 0.1) is 17.7 Å². The number of rotatable bonds is 3. The summed E-state index contributed by atoms with van der Waals surface area (Å²) < 4.78 is 0. The van der Waals surface area contributed by atoms with Crippen LogP contribution in [0.4, 0.5) is 0 Å². The van der Waals surface area contributed by atoms with Crippen LogP contribution in [-0.4, -0.2) is 21.7 Å². The second kappa shape index (κ2) is 5.44. The smallest absolute Gasteiger partial charge is 0.261 e. The zero-order chi connectivity index (χ0) is 15.8. The van der Waals surface area contributed by atoms with Gasteiger partial charge in [0.2, 0.25) is 0 Å². The minimum atomic E-state index is -0.236. The highest BCUT2D eigenvalue weighted by Crippen LogP contribution is 2.29. The molecule has 5 heteroatoms. The Morgan fingerprint density at radius 2 is 1.48 bits per heavy atom. The highest BCUT2D eigenvalue weighted by atomic mass is 32.1. The van der Waals surface area contributed by atoms with Crippen LogP contribution in [0.5, 0.6) is 0 Å². The lowest BCUT2D eigenvalue weighted by atomic mass is 10.1. The minimum Gasteiger partial charge on any atom is -0.269 e. The Morgan fingerprint density at radius 3 is 2.13 bits per heavy atom. The first-order valence-electron chi connectivity index (χ1n) is 7.19. The lowest BCUT2D eigenvalue weighted by molar-refractivity contribution is 0.0644. The number of carbonyl (C=O) groups is 2. The molecule has 4 rings (SSSR count). The number of fused-ring (bicyclic) bond motifs is 1. The predicted molar refractivity (Wildman–Crippen MR) is 88.2 cm³/mol. The average Bonchev–Trinajstić information content (AvgIpc) is 3.16. The molecule has 2 aromatic carbocycles. The number of nitrogens with zero attached hydrogens (tertiary/aromatic N) is 2. The van der Waals surface area contributed by atoms with Gasteiger partial charge in [-0.3, -0.25) is 14.5 Å². The molecule has 112 valence electrons. The third-order valence-corrected chi connectivity index (χ3v) is 4.80. The van der Waals surface area contributed by atoms with Crippen molar-refractivity contribution in [3.05, 3.63) is 76.8 Å². The fourth-order valence-electron chi connectivity index (χ4n) is 2.63. The number of imide groups is 1. The first kappa shape index (κ1) is 13.8. The summed E-state index contributed by atoms with van der Waals surface area (Å²) >= 11 is 1.50. The normalized spacial score (nSPS) is 13.5. The maximum atomic E-state index is 12.4. The van der Waals surface area contributed by atoms with E-state index in [4.69, 9.17) is 0 Å². The number of hydrogen-bond donors (Lipinski definition) is 0. The second-order valence-electron chi connectivity index (χ2n) is 5.24.